The third kappa shape index (κ3) is 5.90. The minimum Gasteiger partial charge on any atom is -0.493 e. The van der Waals surface area contributed by atoms with Gasteiger partial charge in [-0.05, 0) is 26.8 Å². The summed E-state index contributed by atoms with van der Waals surface area (Å²) in [5.74, 6) is 0.896. The zero-order valence-electron chi connectivity index (χ0n) is 12.1. The maximum atomic E-state index is 5.80. The van der Waals surface area contributed by atoms with E-state index >= 15 is 0 Å². The van der Waals surface area contributed by atoms with E-state index in [4.69, 9.17) is 14.2 Å². The summed E-state index contributed by atoms with van der Waals surface area (Å²) in [6, 6.07) is 8.00. The van der Waals surface area contributed by atoms with Crippen LogP contribution < -0.4 is 4.74 Å². The maximum Gasteiger partial charge on any atom is 0.160 e. The Labute approximate surface area is 116 Å². The first kappa shape index (κ1) is 15.7. The molecule has 0 aliphatic rings. The van der Waals surface area contributed by atoms with Crippen LogP contribution in [0.5, 0.6) is 5.75 Å². The highest BCUT2D eigenvalue weighted by molar-refractivity contribution is 5.56. The number of rotatable bonds is 9. The molecule has 0 amide bonds. The third-order valence-electron chi connectivity index (χ3n) is 2.58. The van der Waals surface area contributed by atoms with Crippen molar-refractivity contribution in [2.45, 2.75) is 33.5 Å². The van der Waals surface area contributed by atoms with Crippen LogP contribution in [0.3, 0.4) is 0 Å². The Hall–Kier alpha value is -1.32. The van der Waals surface area contributed by atoms with Gasteiger partial charge in [0, 0.05) is 25.2 Å². The molecular formula is C16H24O3. The smallest absolute Gasteiger partial charge is 0.160 e. The van der Waals surface area contributed by atoms with Gasteiger partial charge in [-0.15, -0.1) is 0 Å². The Morgan fingerprint density at radius 2 is 1.79 bits per heavy atom. The minimum atomic E-state index is -0.177. The van der Waals surface area contributed by atoms with Crippen LogP contribution >= 0.6 is 0 Å². The molecule has 1 aromatic rings. The molecule has 0 N–H and O–H groups in total. The fraction of sp³-hybridized carbons (Fsp3) is 0.500. The van der Waals surface area contributed by atoms with Crippen LogP contribution in [0.25, 0.3) is 6.08 Å². The van der Waals surface area contributed by atoms with Crippen molar-refractivity contribution in [3.63, 3.8) is 0 Å². The van der Waals surface area contributed by atoms with Crippen molar-refractivity contribution < 1.29 is 14.2 Å². The monoisotopic (exact) mass is 264 g/mol. The summed E-state index contributed by atoms with van der Waals surface area (Å²) in [6.45, 7) is 7.82. The van der Waals surface area contributed by atoms with Gasteiger partial charge in [0.15, 0.2) is 6.29 Å². The van der Waals surface area contributed by atoms with E-state index in [9.17, 15) is 0 Å². The number of ether oxygens (including phenoxy) is 3. The van der Waals surface area contributed by atoms with Crippen LogP contribution in [0.1, 0.15) is 32.8 Å². The first-order valence-corrected chi connectivity index (χ1v) is 6.89. The van der Waals surface area contributed by atoms with E-state index in [0.717, 1.165) is 17.7 Å². The lowest BCUT2D eigenvalue weighted by molar-refractivity contribution is -0.142. The van der Waals surface area contributed by atoms with E-state index in [2.05, 4.69) is 0 Å². The second kappa shape index (κ2) is 9.59. The van der Waals surface area contributed by atoms with Gasteiger partial charge in [0.25, 0.3) is 0 Å². The highest BCUT2D eigenvalue weighted by atomic mass is 16.7. The number of benzene rings is 1. The second-order valence-electron chi connectivity index (χ2n) is 4.02. The molecule has 0 radical (unpaired) electrons. The number of allylic oxidation sites excluding steroid dienone is 1. The van der Waals surface area contributed by atoms with Crippen LogP contribution in [-0.4, -0.2) is 26.1 Å². The summed E-state index contributed by atoms with van der Waals surface area (Å²) < 4.78 is 16.8. The maximum absolute atomic E-state index is 5.80. The minimum absolute atomic E-state index is 0.177. The van der Waals surface area contributed by atoms with E-state index in [1.165, 1.54) is 0 Å². The van der Waals surface area contributed by atoms with Gasteiger partial charge in [0.1, 0.15) is 5.75 Å². The standard InChI is InChI=1S/C16H24O3/c1-4-9-14-10-7-8-11-15(14)19-13-12-16(17-5-2)18-6-3/h4,7-11,16H,5-6,12-13H2,1-3H3. The average molecular weight is 264 g/mol. The Kier molecular flexibility index (Phi) is 7.94. The molecule has 3 nitrogen and oxygen atoms in total. The Morgan fingerprint density at radius 3 is 2.42 bits per heavy atom. The van der Waals surface area contributed by atoms with Crippen molar-refractivity contribution in [1.82, 2.24) is 0 Å². The average Bonchev–Trinajstić information content (AvgIpc) is 2.41. The summed E-state index contributed by atoms with van der Waals surface area (Å²) in [5, 5.41) is 0. The van der Waals surface area contributed by atoms with Crippen molar-refractivity contribution in [1.29, 1.82) is 0 Å². The quantitative estimate of drug-likeness (QED) is 0.633. The predicted molar refractivity (Wildman–Crippen MR) is 78.3 cm³/mol. The van der Waals surface area contributed by atoms with Crippen molar-refractivity contribution in [3.8, 4) is 5.75 Å². The van der Waals surface area contributed by atoms with E-state index in [1.807, 2.05) is 57.2 Å². The van der Waals surface area contributed by atoms with Gasteiger partial charge in [-0.3, -0.25) is 0 Å². The summed E-state index contributed by atoms with van der Waals surface area (Å²) in [6.07, 6.45) is 4.60. The van der Waals surface area contributed by atoms with Crippen molar-refractivity contribution in [2.24, 2.45) is 0 Å². The van der Waals surface area contributed by atoms with Crippen LogP contribution in [0.2, 0.25) is 0 Å². The molecule has 1 aromatic carbocycles. The van der Waals surface area contributed by atoms with Crippen molar-refractivity contribution in [3.05, 3.63) is 35.9 Å². The molecule has 3 heteroatoms. The molecule has 0 fully saturated rings. The molecule has 0 aliphatic heterocycles. The molecule has 0 aliphatic carbocycles. The SMILES string of the molecule is CC=Cc1ccccc1OCCC(OCC)OCC. The highest BCUT2D eigenvalue weighted by Gasteiger charge is 2.08. The molecule has 0 aromatic heterocycles. The lowest BCUT2D eigenvalue weighted by atomic mass is 10.2. The number of hydrogen-bond acceptors (Lipinski definition) is 3. The first-order chi connectivity index (χ1) is 9.31. The molecule has 19 heavy (non-hydrogen) atoms. The van der Waals surface area contributed by atoms with E-state index in [0.29, 0.717) is 19.8 Å². The Morgan fingerprint density at radius 1 is 1.11 bits per heavy atom. The van der Waals surface area contributed by atoms with Gasteiger partial charge in [0.05, 0.1) is 6.61 Å². The zero-order chi connectivity index (χ0) is 13.9. The van der Waals surface area contributed by atoms with Gasteiger partial charge in [-0.2, -0.15) is 0 Å². The summed E-state index contributed by atoms with van der Waals surface area (Å²) in [5.41, 5.74) is 1.09. The molecule has 0 unspecified atom stereocenters. The predicted octanol–water partition coefficient (Wildman–Crippen LogP) is 3.89. The van der Waals surface area contributed by atoms with Crippen LogP contribution in [0.4, 0.5) is 0 Å². The van der Waals surface area contributed by atoms with E-state index < -0.39 is 0 Å². The normalized spacial score (nSPS) is 11.4. The Balaban J connectivity index is 2.47. The lowest BCUT2D eigenvalue weighted by Gasteiger charge is -2.17. The second-order valence-corrected chi connectivity index (χ2v) is 4.02. The molecule has 0 bridgehead atoms. The number of hydrogen-bond donors (Lipinski definition) is 0. The summed E-state index contributed by atoms with van der Waals surface area (Å²) in [4.78, 5) is 0. The number of para-hydroxylation sites is 1. The largest absolute Gasteiger partial charge is 0.493 e. The molecule has 0 saturated carbocycles. The van der Waals surface area contributed by atoms with Crippen LogP contribution in [-0.2, 0) is 9.47 Å². The molecule has 1 rings (SSSR count). The van der Waals surface area contributed by atoms with Crippen LogP contribution in [0.15, 0.2) is 30.3 Å². The fourth-order valence-corrected chi connectivity index (χ4v) is 1.78. The fourth-order valence-electron chi connectivity index (χ4n) is 1.78. The molecule has 0 spiro atoms. The molecule has 0 saturated heterocycles. The van der Waals surface area contributed by atoms with Gasteiger partial charge in [-0.1, -0.05) is 30.4 Å². The third-order valence-corrected chi connectivity index (χ3v) is 2.58. The first-order valence-electron chi connectivity index (χ1n) is 6.89. The molecule has 0 heterocycles. The molecule has 106 valence electrons. The summed E-state index contributed by atoms with van der Waals surface area (Å²) >= 11 is 0. The Bertz CT molecular complexity index is 368. The van der Waals surface area contributed by atoms with E-state index in [-0.39, 0.29) is 6.29 Å². The zero-order valence-corrected chi connectivity index (χ0v) is 12.1. The summed E-state index contributed by atoms with van der Waals surface area (Å²) in [7, 11) is 0. The van der Waals surface area contributed by atoms with E-state index in [1.54, 1.807) is 0 Å². The van der Waals surface area contributed by atoms with Gasteiger partial charge < -0.3 is 14.2 Å². The molecule has 0 atom stereocenters. The van der Waals surface area contributed by atoms with Crippen molar-refractivity contribution >= 4 is 6.08 Å². The highest BCUT2D eigenvalue weighted by Crippen LogP contribution is 2.19. The van der Waals surface area contributed by atoms with Crippen LogP contribution in [0, 0.1) is 0 Å². The van der Waals surface area contributed by atoms with Gasteiger partial charge in [0.2, 0.25) is 0 Å². The van der Waals surface area contributed by atoms with Gasteiger partial charge in [-0.25, -0.2) is 0 Å². The molecular weight excluding hydrogens is 240 g/mol. The topological polar surface area (TPSA) is 27.7 Å². The van der Waals surface area contributed by atoms with Crippen molar-refractivity contribution in [2.75, 3.05) is 19.8 Å². The van der Waals surface area contributed by atoms with Gasteiger partial charge >= 0.3 is 0 Å². The lowest BCUT2D eigenvalue weighted by Crippen LogP contribution is -2.20.